The third-order valence-corrected chi connectivity index (χ3v) is 4.78. The van der Waals surface area contributed by atoms with Crippen LogP contribution in [0.4, 0.5) is 0 Å². The maximum Gasteiger partial charge on any atom is 0.261 e. The maximum absolute atomic E-state index is 12.2. The summed E-state index contributed by atoms with van der Waals surface area (Å²) in [7, 11) is 0. The number of carbonyl (C=O) groups excluding carboxylic acids is 2. The van der Waals surface area contributed by atoms with Crippen LogP contribution in [-0.2, 0) is 9.59 Å². The molecule has 0 fully saturated rings. The Morgan fingerprint density at radius 3 is 1.43 bits per heavy atom. The Hall–Kier alpha value is -4.96. The molecule has 0 saturated heterocycles. The lowest BCUT2D eigenvalue weighted by molar-refractivity contribution is -0.117. The van der Waals surface area contributed by atoms with Crippen LogP contribution in [0.25, 0.3) is 12.2 Å². The van der Waals surface area contributed by atoms with Gasteiger partial charge in [-0.25, -0.2) is 0 Å². The average molecular weight is 476 g/mol. The summed E-state index contributed by atoms with van der Waals surface area (Å²) >= 11 is 0. The molecule has 2 rings (SSSR count). The molecule has 10 nitrogen and oxygen atoms in total. The van der Waals surface area contributed by atoms with Crippen molar-refractivity contribution in [1.29, 1.82) is 10.5 Å². The second kappa shape index (κ2) is 12.9. The molecule has 6 N–H and O–H groups in total. The van der Waals surface area contributed by atoms with Gasteiger partial charge in [0.05, 0.1) is 0 Å². The van der Waals surface area contributed by atoms with E-state index in [0.29, 0.717) is 43.5 Å². The van der Waals surface area contributed by atoms with Crippen LogP contribution in [0.15, 0.2) is 47.5 Å². The molecule has 35 heavy (non-hydrogen) atoms. The summed E-state index contributed by atoms with van der Waals surface area (Å²) in [5.41, 5.74) is 0.465. The monoisotopic (exact) mass is 476 g/mol. The summed E-state index contributed by atoms with van der Waals surface area (Å²) in [5, 5.41) is 61.3. The number of phenolic OH excluding ortho intramolecular Hbond substituents is 4. The van der Waals surface area contributed by atoms with E-state index in [9.17, 15) is 40.5 Å². The highest BCUT2D eigenvalue weighted by Crippen LogP contribution is 2.26. The second-order valence-corrected chi connectivity index (χ2v) is 7.41. The quantitative estimate of drug-likeness (QED) is 0.130. The van der Waals surface area contributed by atoms with Gasteiger partial charge in [0, 0.05) is 13.1 Å². The zero-order chi connectivity index (χ0) is 25.8. The van der Waals surface area contributed by atoms with Crippen molar-refractivity contribution < 1.29 is 30.0 Å². The summed E-state index contributed by atoms with van der Waals surface area (Å²) in [5.74, 6) is -2.48. The molecule has 2 aromatic rings. The fourth-order valence-electron chi connectivity index (χ4n) is 2.91. The van der Waals surface area contributed by atoms with Gasteiger partial charge in [0.15, 0.2) is 23.0 Å². The van der Waals surface area contributed by atoms with Gasteiger partial charge >= 0.3 is 0 Å². The predicted molar refractivity (Wildman–Crippen MR) is 127 cm³/mol. The first kappa shape index (κ1) is 26.3. The van der Waals surface area contributed by atoms with Gasteiger partial charge in [-0.15, -0.1) is 0 Å². The maximum atomic E-state index is 12.2. The fraction of sp³-hybridized carbons (Fsp3) is 0.200. The number of unbranched alkanes of at least 4 members (excludes halogenated alkanes) is 2. The summed E-state index contributed by atoms with van der Waals surface area (Å²) < 4.78 is 0. The van der Waals surface area contributed by atoms with Gasteiger partial charge in [0.2, 0.25) is 0 Å². The highest BCUT2D eigenvalue weighted by Gasteiger charge is 2.11. The van der Waals surface area contributed by atoms with Crippen molar-refractivity contribution in [3.63, 3.8) is 0 Å². The SMILES string of the molecule is N#CC(=Cc1ccc(O)c(O)c1)C(=O)NCCCCCNC(=O)C(C#N)=Cc1ccc(O)c(O)c1. The van der Waals surface area contributed by atoms with Crippen molar-refractivity contribution >= 4 is 24.0 Å². The smallest absolute Gasteiger partial charge is 0.261 e. The lowest BCUT2D eigenvalue weighted by Gasteiger charge is -2.06. The third-order valence-electron chi connectivity index (χ3n) is 4.78. The highest BCUT2D eigenvalue weighted by atomic mass is 16.3. The van der Waals surface area contributed by atoms with Crippen LogP contribution in [0.5, 0.6) is 23.0 Å². The molecule has 0 unspecified atom stereocenters. The lowest BCUT2D eigenvalue weighted by atomic mass is 10.1. The summed E-state index contributed by atoms with van der Waals surface area (Å²) in [4.78, 5) is 24.3. The summed E-state index contributed by atoms with van der Waals surface area (Å²) in [6.45, 7) is 0.612. The molecule has 0 bridgehead atoms. The van der Waals surface area contributed by atoms with Gasteiger partial charge in [0.1, 0.15) is 23.3 Å². The van der Waals surface area contributed by atoms with Gasteiger partial charge in [-0.2, -0.15) is 10.5 Å². The topological polar surface area (TPSA) is 187 Å². The molecule has 2 amide bonds. The van der Waals surface area contributed by atoms with Crippen LogP contribution in [0.2, 0.25) is 0 Å². The van der Waals surface area contributed by atoms with Gasteiger partial charge in [-0.1, -0.05) is 12.1 Å². The molecule has 0 radical (unpaired) electrons. The van der Waals surface area contributed by atoms with Crippen molar-refractivity contribution in [1.82, 2.24) is 10.6 Å². The Morgan fingerprint density at radius 2 is 1.09 bits per heavy atom. The Balaban J connectivity index is 1.73. The largest absolute Gasteiger partial charge is 0.504 e. The molecule has 0 atom stereocenters. The highest BCUT2D eigenvalue weighted by molar-refractivity contribution is 6.02. The zero-order valence-electron chi connectivity index (χ0n) is 18.7. The Bertz CT molecular complexity index is 1140. The average Bonchev–Trinajstić information content (AvgIpc) is 2.84. The minimum atomic E-state index is -0.572. The second-order valence-electron chi connectivity index (χ2n) is 7.41. The van der Waals surface area contributed by atoms with Gasteiger partial charge < -0.3 is 31.1 Å². The molecule has 0 heterocycles. The van der Waals surface area contributed by atoms with Crippen LogP contribution < -0.4 is 10.6 Å². The first-order chi connectivity index (χ1) is 16.7. The van der Waals surface area contributed by atoms with Crippen LogP contribution in [0.1, 0.15) is 30.4 Å². The fourth-order valence-corrected chi connectivity index (χ4v) is 2.91. The number of hydrogen-bond acceptors (Lipinski definition) is 8. The number of benzene rings is 2. The van der Waals surface area contributed by atoms with Crippen molar-refractivity contribution in [2.45, 2.75) is 19.3 Å². The van der Waals surface area contributed by atoms with E-state index in [2.05, 4.69) is 10.6 Å². The van der Waals surface area contributed by atoms with Gasteiger partial charge in [0.25, 0.3) is 11.8 Å². The molecule has 0 saturated carbocycles. The zero-order valence-corrected chi connectivity index (χ0v) is 18.7. The van der Waals surface area contributed by atoms with Crippen LogP contribution >= 0.6 is 0 Å². The molecular weight excluding hydrogens is 452 g/mol. The van der Waals surface area contributed by atoms with Crippen LogP contribution in [-0.4, -0.2) is 45.3 Å². The van der Waals surface area contributed by atoms with E-state index in [1.54, 1.807) is 12.1 Å². The number of carbonyl (C=O) groups is 2. The third kappa shape index (κ3) is 8.15. The van der Waals surface area contributed by atoms with E-state index < -0.39 is 11.8 Å². The number of amides is 2. The van der Waals surface area contributed by atoms with Crippen molar-refractivity contribution in [3.05, 3.63) is 58.7 Å². The molecule has 0 spiro atoms. The van der Waals surface area contributed by atoms with E-state index >= 15 is 0 Å². The molecule has 2 aromatic carbocycles. The van der Waals surface area contributed by atoms with Crippen molar-refractivity contribution in [2.24, 2.45) is 0 Å². The number of nitriles is 2. The van der Waals surface area contributed by atoms with Crippen molar-refractivity contribution in [3.8, 4) is 35.1 Å². The lowest BCUT2D eigenvalue weighted by Crippen LogP contribution is -2.27. The van der Waals surface area contributed by atoms with Crippen LogP contribution in [0, 0.1) is 22.7 Å². The van der Waals surface area contributed by atoms with Gasteiger partial charge in [-0.3, -0.25) is 9.59 Å². The Labute approximate surface area is 201 Å². The minimum Gasteiger partial charge on any atom is -0.504 e. The standard InChI is InChI=1S/C25H24N4O6/c26-14-18(10-16-4-6-20(30)22(32)12-16)24(34)28-8-2-1-3-9-29-25(35)19(15-27)11-17-5-7-21(31)23(33)13-17/h4-7,10-13,30-33H,1-3,8-9H2,(H,28,34)(H,29,35). The number of aromatic hydroxyl groups is 4. The number of nitrogens with zero attached hydrogens (tertiary/aromatic N) is 2. The van der Waals surface area contributed by atoms with E-state index in [-0.39, 0.29) is 34.1 Å². The minimum absolute atomic E-state index is 0.153. The number of hydrogen-bond donors (Lipinski definition) is 6. The Kier molecular flexibility index (Phi) is 9.71. The first-order valence-electron chi connectivity index (χ1n) is 10.6. The molecular formula is C25H24N4O6. The van der Waals surface area contributed by atoms with Gasteiger partial charge in [-0.05, 0) is 66.8 Å². The molecule has 0 aliphatic heterocycles. The van der Waals surface area contributed by atoms with E-state index in [1.165, 1.54) is 48.6 Å². The Morgan fingerprint density at radius 1 is 0.686 bits per heavy atom. The molecule has 0 aromatic heterocycles. The normalized spacial score (nSPS) is 11.3. The number of nitrogens with one attached hydrogen (secondary N) is 2. The van der Waals surface area contributed by atoms with E-state index in [4.69, 9.17) is 0 Å². The summed E-state index contributed by atoms with van der Waals surface area (Å²) in [6, 6.07) is 11.5. The molecule has 0 aliphatic carbocycles. The number of phenols is 4. The number of rotatable bonds is 10. The first-order valence-corrected chi connectivity index (χ1v) is 10.6. The molecule has 0 aliphatic rings. The van der Waals surface area contributed by atoms with E-state index in [0.717, 1.165) is 0 Å². The van der Waals surface area contributed by atoms with Crippen molar-refractivity contribution in [2.75, 3.05) is 13.1 Å². The summed E-state index contributed by atoms with van der Waals surface area (Å²) in [6.07, 6.45) is 4.44. The molecule has 180 valence electrons. The van der Waals surface area contributed by atoms with E-state index in [1.807, 2.05) is 0 Å². The predicted octanol–water partition coefficient (Wildman–Crippen LogP) is 2.43. The van der Waals surface area contributed by atoms with Crippen LogP contribution in [0.3, 0.4) is 0 Å². The molecule has 10 heteroatoms.